The Hall–Kier alpha value is -4.49. The predicted molar refractivity (Wildman–Crippen MR) is 140 cm³/mol. The third-order valence-electron chi connectivity index (χ3n) is 5.50. The van der Waals surface area contributed by atoms with Crippen LogP contribution in [0.5, 0.6) is 5.75 Å². The maximum Gasteiger partial charge on any atom is 0.410 e. The Kier molecular flexibility index (Phi) is 8.74. The van der Waals surface area contributed by atoms with Crippen LogP contribution in [0.2, 0.25) is 0 Å². The molecule has 1 saturated heterocycles. The number of thioether (sulfide) groups is 1. The Morgan fingerprint density at radius 1 is 1.28 bits per heavy atom. The second-order valence-electron chi connectivity index (χ2n) is 8.32. The van der Waals surface area contributed by atoms with E-state index in [1.54, 1.807) is 0 Å². The summed E-state index contributed by atoms with van der Waals surface area (Å²) in [4.78, 5) is 34.1. The fourth-order valence-corrected chi connectivity index (χ4v) is 3.85. The van der Waals surface area contributed by atoms with Gasteiger partial charge in [0, 0.05) is 23.2 Å². The van der Waals surface area contributed by atoms with Crippen molar-refractivity contribution in [2.75, 3.05) is 26.8 Å². The van der Waals surface area contributed by atoms with Crippen LogP contribution in [0.15, 0.2) is 24.5 Å². The molecule has 3 N–H and O–H groups in total. The fraction of sp³-hybridized carbons (Fsp3) is 0.308. The number of carbonyl (C=O) groups is 2. The highest BCUT2D eigenvalue weighted by Crippen LogP contribution is 2.35. The number of nitrogens with one attached hydrogen (secondary N) is 3. The van der Waals surface area contributed by atoms with Crippen molar-refractivity contribution in [3.63, 3.8) is 0 Å². The van der Waals surface area contributed by atoms with E-state index in [9.17, 15) is 18.4 Å². The number of hydrogen-bond acceptors (Lipinski definition) is 9. The summed E-state index contributed by atoms with van der Waals surface area (Å²) in [5.74, 6) is 10.8. The second kappa shape index (κ2) is 12.4. The molecule has 2 aromatic rings. The first kappa shape index (κ1) is 27.5. The molecule has 3 heterocycles. The molecule has 0 radical (unpaired) electrons. The molecule has 4 rings (SSSR count). The van der Waals surface area contributed by atoms with Gasteiger partial charge in [-0.25, -0.2) is 18.6 Å². The van der Waals surface area contributed by atoms with Gasteiger partial charge in [0.25, 0.3) is 12.3 Å². The number of aromatic nitrogens is 2. The Morgan fingerprint density at radius 2 is 2.08 bits per heavy atom. The van der Waals surface area contributed by atoms with E-state index in [1.807, 2.05) is 0 Å². The molecule has 1 aliphatic carbocycles. The molecular formula is C26H22F2N6O4S. The number of nitrogens with zero attached hydrogens (tertiary/aromatic N) is 3. The van der Waals surface area contributed by atoms with Crippen LogP contribution < -0.4 is 10.1 Å². The number of halogens is 2. The summed E-state index contributed by atoms with van der Waals surface area (Å²) in [6.45, 7) is 0.778. The Bertz CT molecular complexity index is 1460. The van der Waals surface area contributed by atoms with Crippen molar-refractivity contribution in [1.29, 1.82) is 10.8 Å². The highest BCUT2D eigenvalue weighted by molar-refractivity contribution is 8.26. The third kappa shape index (κ3) is 7.30. The third-order valence-corrected chi connectivity index (χ3v) is 6.11. The summed E-state index contributed by atoms with van der Waals surface area (Å²) in [7, 11) is 1.33. The second-order valence-corrected chi connectivity index (χ2v) is 9.34. The number of ether oxygens (including phenoxy) is 2. The molecular weight excluding hydrogens is 530 g/mol. The molecule has 2 fully saturated rings. The van der Waals surface area contributed by atoms with Crippen LogP contribution in [0.3, 0.4) is 0 Å². The normalized spacial score (nSPS) is 14.1. The van der Waals surface area contributed by atoms with Gasteiger partial charge in [-0.15, -0.1) is 0 Å². The summed E-state index contributed by atoms with van der Waals surface area (Å²) in [6.07, 6.45) is 0.966. The molecule has 200 valence electrons. The standard InChI is InChI=1S/C26H22F2N6O4S/c1-37-21-14-32-20(23(27)28)12-18(21)17-11-16(3-2-8-34-9-10-38-26(34)36)31-13-19(17)24(35)33-25(30)39-22(29)7-6-15-4-5-15/h11-15,23,29H,4-5,8-10H2,1H3,(H2,30,33,35). The van der Waals surface area contributed by atoms with E-state index >= 15 is 0 Å². The number of rotatable bonds is 5. The average molecular weight is 553 g/mol. The van der Waals surface area contributed by atoms with Crippen molar-refractivity contribution < 1.29 is 27.8 Å². The maximum atomic E-state index is 13.5. The molecule has 10 nitrogen and oxygen atoms in total. The van der Waals surface area contributed by atoms with Gasteiger partial charge in [0.15, 0.2) is 5.17 Å². The lowest BCUT2D eigenvalue weighted by molar-refractivity contribution is 0.0978. The summed E-state index contributed by atoms with van der Waals surface area (Å²) in [6, 6.07) is 2.54. The fourth-order valence-electron chi connectivity index (χ4n) is 3.39. The van der Waals surface area contributed by atoms with E-state index < -0.39 is 24.1 Å². The molecule has 0 bridgehead atoms. The van der Waals surface area contributed by atoms with Crippen LogP contribution in [0.25, 0.3) is 11.1 Å². The van der Waals surface area contributed by atoms with E-state index in [0.717, 1.165) is 25.1 Å². The number of alkyl halides is 2. The number of carbonyl (C=O) groups excluding carboxylic acids is 2. The van der Waals surface area contributed by atoms with Crippen molar-refractivity contribution in [2.24, 2.45) is 5.92 Å². The first-order valence-electron chi connectivity index (χ1n) is 11.7. The van der Waals surface area contributed by atoms with Gasteiger partial charge >= 0.3 is 6.09 Å². The molecule has 1 saturated carbocycles. The SMILES string of the molecule is COc1cnc(C(F)F)cc1-c1cc(C#CCN2CCOC2=O)ncc1C(=O)NC(=N)SC(=N)C#CC1CC1. The molecule has 0 spiro atoms. The summed E-state index contributed by atoms with van der Waals surface area (Å²) >= 11 is 0.677. The topological polar surface area (TPSA) is 141 Å². The molecule has 0 aromatic carbocycles. The zero-order chi connectivity index (χ0) is 27.9. The lowest BCUT2D eigenvalue weighted by atomic mass is 9.99. The van der Waals surface area contributed by atoms with Crippen molar-refractivity contribution in [1.82, 2.24) is 20.2 Å². The van der Waals surface area contributed by atoms with Gasteiger partial charge < -0.3 is 14.8 Å². The number of amidine groups is 1. The molecule has 39 heavy (non-hydrogen) atoms. The van der Waals surface area contributed by atoms with E-state index in [4.69, 9.17) is 20.3 Å². The minimum atomic E-state index is -2.87. The van der Waals surface area contributed by atoms with Crippen molar-refractivity contribution in [3.8, 4) is 40.6 Å². The van der Waals surface area contributed by atoms with Crippen LogP contribution in [0, 0.1) is 40.4 Å². The maximum absolute atomic E-state index is 13.5. The van der Waals surface area contributed by atoms with Gasteiger partial charge in [-0.3, -0.25) is 25.5 Å². The molecule has 0 unspecified atom stereocenters. The smallest absolute Gasteiger partial charge is 0.410 e. The average Bonchev–Trinajstić information content (AvgIpc) is 3.66. The monoisotopic (exact) mass is 552 g/mol. The molecule has 2 aromatic heterocycles. The number of methoxy groups -OCH3 is 1. The lowest BCUT2D eigenvalue weighted by Crippen LogP contribution is -2.29. The number of hydrogen-bond donors (Lipinski definition) is 3. The largest absolute Gasteiger partial charge is 0.494 e. The number of amides is 2. The van der Waals surface area contributed by atoms with Crippen molar-refractivity contribution >= 4 is 34.0 Å². The zero-order valence-electron chi connectivity index (χ0n) is 20.6. The summed E-state index contributed by atoms with van der Waals surface area (Å²) in [5, 5.41) is 17.9. The zero-order valence-corrected chi connectivity index (χ0v) is 21.5. The number of pyridine rings is 2. The van der Waals surface area contributed by atoms with Crippen LogP contribution in [-0.4, -0.2) is 63.9 Å². The van der Waals surface area contributed by atoms with Gasteiger partial charge in [-0.05, 0) is 48.6 Å². The first-order valence-corrected chi connectivity index (χ1v) is 12.5. The van der Waals surface area contributed by atoms with E-state index in [-0.39, 0.29) is 57.4 Å². The van der Waals surface area contributed by atoms with Crippen LogP contribution >= 0.6 is 11.8 Å². The van der Waals surface area contributed by atoms with Gasteiger partial charge in [-0.2, -0.15) is 0 Å². The van der Waals surface area contributed by atoms with Crippen LogP contribution in [-0.2, 0) is 4.74 Å². The Morgan fingerprint density at radius 3 is 2.74 bits per heavy atom. The summed E-state index contributed by atoms with van der Waals surface area (Å²) < 4.78 is 37.1. The molecule has 1 aliphatic heterocycles. The minimum Gasteiger partial charge on any atom is -0.494 e. The van der Waals surface area contributed by atoms with E-state index in [2.05, 4.69) is 39.0 Å². The first-order chi connectivity index (χ1) is 18.7. The van der Waals surface area contributed by atoms with Crippen molar-refractivity contribution in [2.45, 2.75) is 19.3 Å². The lowest BCUT2D eigenvalue weighted by Gasteiger charge is -2.14. The molecule has 0 atom stereocenters. The van der Waals surface area contributed by atoms with Gasteiger partial charge in [-0.1, -0.05) is 11.8 Å². The van der Waals surface area contributed by atoms with Crippen LogP contribution in [0.1, 0.15) is 41.0 Å². The highest BCUT2D eigenvalue weighted by Gasteiger charge is 2.23. The van der Waals surface area contributed by atoms with Crippen LogP contribution in [0.4, 0.5) is 13.6 Å². The molecule has 2 amide bonds. The molecule has 13 heteroatoms. The summed E-state index contributed by atoms with van der Waals surface area (Å²) in [5.41, 5.74) is -0.0682. The minimum absolute atomic E-state index is 0.0469. The predicted octanol–water partition coefficient (Wildman–Crippen LogP) is 3.68. The quantitative estimate of drug-likeness (QED) is 0.292. The van der Waals surface area contributed by atoms with Gasteiger partial charge in [0.05, 0.1) is 32.0 Å². The van der Waals surface area contributed by atoms with E-state index in [1.165, 1.54) is 24.3 Å². The highest BCUT2D eigenvalue weighted by atomic mass is 32.2. The van der Waals surface area contributed by atoms with E-state index in [0.29, 0.717) is 18.3 Å². The Labute approximate surface area is 226 Å². The van der Waals surface area contributed by atoms with Gasteiger partial charge in [0.1, 0.15) is 28.8 Å². The molecule has 2 aliphatic rings. The number of cyclic esters (lactones) is 1. The Balaban J connectivity index is 1.64. The van der Waals surface area contributed by atoms with Gasteiger partial charge in [0.2, 0.25) is 0 Å². The van der Waals surface area contributed by atoms with Crippen molar-refractivity contribution in [3.05, 3.63) is 41.5 Å².